The zero-order valence-electron chi connectivity index (χ0n) is 17.5. The van der Waals surface area contributed by atoms with Crippen molar-refractivity contribution >= 4 is 17.7 Å². The monoisotopic (exact) mass is 409 g/mol. The molecule has 3 fully saturated rings. The van der Waals surface area contributed by atoms with E-state index in [9.17, 15) is 19.5 Å². The molecule has 2 saturated heterocycles. The summed E-state index contributed by atoms with van der Waals surface area (Å²) in [6.07, 6.45) is 5.10. The Hall–Kier alpha value is -1.71. The van der Waals surface area contributed by atoms with Crippen LogP contribution in [0.25, 0.3) is 0 Å². The Balaban J connectivity index is 1.81. The third-order valence-corrected chi connectivity index (χ3v) is 6.82. The van der Waals surface area contributed by atoms with E-state index in [1.54, 1.807) is 18.9 Å². The molecule has 2 heterocycles. The van der Waals surface area contributed by atoms with Crippen LogP contribution in [-0.2, 0) is 14.4 Å². The van der Waals surface area contributed by atoms with Gasteiger partial charge in [-0.25, -0.2) is 0 Å². The van der Waals surface area contributed by atoms with Crippen LogP contribution in [0.1, 0.15) is 45.4 Å². The molecule has 0 aromatic heterocycles. The molecule has 9 heteroatoms. The van der Waals surface area contributed by atoms with Crippen LogP contribution in [0.2, 0.25) is 0 Å². The summed E-state index contributed by atoms with van der Waals surface area (Å²) in [4.78, 5) is 42.0. The lowest BCUT2D eigenvalue weighted by Crippen LogP contribution is -2.66. The molecule has 164 valence electrons. The highest BCUT2D eigenvalue weighted by Gasteiger charge is 2.46. The molecule has 0 spiro atoms. The molecule has 0 aromatic carbocycles. The summed E-state index contributed by atoms with van der Waals surface area (Å²) >= 11 is 0. The average molecular weight is 410 g/mol. The first-order chi connectivity index (χ1) is 13.8. The van der Waals surface area contributed by atoms with E-state index >= 15 is 0 Å². The van der Waals surface area contributed by atoms with Gasteiger partial charge in [0.05, 0.1) is 12.1 Å². The molecule has 0 radical (unpaired) electrons. The number of nitrogens with one attached hydrogen (secondary N) is 2. The standard InChI is InChI=1S/C20H35N5O4/c1-12(22-2)19(28)23-17(13-6-4-3-5-7-13)20(29)25-9-14-8-15(26)10-24(14)11-16(25)18(21)27/h12-17,22,26H,3-11H2,1-2H3,(H2,21,27)(H,23,28). The molecule has 5 atom stereocenters. The van der Waals surface area contributed by atoms with Crippen molar-refractivity contribution in [3.63, 3.8) is 0 Å². The summed E-state index contributed by atoms with van der Waals surface area (Å²) in [7, 11) is 1.70. The summed E-state index contributed by atoms with van der Waals surface area (Å²) in [5.41, 5.74) is 5.64. The van der Waals surface area contributed by atoms with Crippen LogP contribution in [0.3, 0.4) is 0 Å². The van der Waals surface area contributed by atoms with Crippen molar-refractivity contribution in [2.45, 2.75) is 75.7 Å². The van der Waals surface area contributed by atoms with Crippen LogP contribution in [0.5, 0.6) is 0 Å². The topological polar surface area (TPSA) is 128 Å². The maximum absolute atomic E-state index is 13.6. The van der Waals surface area contributed by atoms with E-state index in [2.05, 4.69) is 10.6 Å². The van der Waals surface area contributed by atoms with Crippen molar-refractivity contribution in [3.8, 4) is 0 Å². The number of primary amides is 1. The van der Waals surface area contributed by atoms with Crippen molar-refractivity contribution < 1.29 is 19.5 Å². The molecular weight excluding hydrogens is 374 g/mol. The van der Waals surface area contributed by atoms with Crippen molar-refractivity contribution in [1.29, 1.82) is 0 Å². The molecule has 3 rings (SSSR count). The molecule has 1 aliphatic carbocycles. The van der Waals surface area contributed by atoms with Gasteiger partial charge in [-0.3, -0.25) is 19.3 Å². The van der Waals surface area contributed by atoms with Crippen LogP contribution in [0.15, 0.2) is 0 Å². The molecule has 29 heavy (non-hydrogen) atoms. The minimum atomic E-state index is -0.742. The Bertz CT molecular complexity index is 624. The van der Waals surface area contributed by atoms with Gasteiger partial charge in [-0.05, 0) is 39.2 Å². The van der Waals surface area contributed by atoms with Gasteiger partial charge in [0.2, 0.25) is 17.7 Å². The largest absolute Gasteiger partial charge is 0.392 e. The molecule has 3 aliphatic rings. The molecule has 5 N–H and O–H groups in total. The smallest absolute Gasteiger partial charge is 0.246 e. The lowest BCUT2D eigenvalue weighted by atomic mass is 9.82. The number of hydrogen-bond acceptors (Lipinski definition) is 6. The minimum Gasteiger partial charge on any atom is -0.392 e. The number of likely N-dealkylation sites (N-methyl/N-ethyl adjacent to an activating group) is 1. The number of rotatable bonds is 6. The van der Waals surface area contributed by atoms with Gasteiger partial charge in [0.25, 0.3) is 0 Å². The second kappa shape index (κ2) is 9.40. The van der Waals surface area contributed by atoms with Gasteiger partial charge in [-0.1, -0.05) is 19.3 Å². The fraction of sp³-hybridized carbons (Fsp3) is 0.850. The first kappa shape index (κ1) is 22.0. The maximum atomic E-state index is 13.6. The van der Waals surface area contributed by atoms with Crippen molar-refractivity contribution in [3.05, 3.63) is 0 Å². The average Bonchev–Trinajstić information content (AvgIpc) is 3.09. The van der Waals surface area contributed by atoms with E-state index in [0.29, 0.717) is 26.1 Å². The van der Waals surface area contributed by atoms with Crippen LogP contribution in [-0.4, -0.2) is 89.6 Å². The Kier molecular flexibility index (Phi) is 7.13. The van der Waals surface area contributed by atoms with Gasteiger partial charge < -0.3 is 26.4 Å². The normalized spacial score (nSPS) is 30.4. The molecular formula is C20H35N5O4. The number of nitrogens with zero attached hydrogens (tertiary/aromatic N) is 2. The van der Waals surface area contributed by atoms with Crippen molar-refractivity contribution in [2.75, 3.05) is 26.7 Å². The summed E-state index contributed by atoms with van der Waals surface area (Å²) in [5.74, 6) is -0.930. The number of carbonyl (C=O) groups is 3. The molecule has 3 amide bonds. The Labute approximate surface area is 172 Å². The summed E-state index contributed by atoms with van der Waals surface area (Å²) in [6.45, 7) is 2.94. The quantitative estimate of drug-likeness (QED) is 0.436. The van der Waals surface area contributed by atoms with Crippen LogP contribution >= 0.6 is 0 Å². The van der Waals surface area contributed by atoms with Crippen LogP contribution < -0.4 is 16.4 Å². The third kappa shape index (κ3) is 4.90. The fourth-order valence-corrected chi connectivity index (χ4v) is 4.97. The predicted molar refractivity (Wildman–Crippen MR) is 108 cm³/mol. The molecule has 0 aromatic rings. The summed E-state index contributed by atoms with van der Waals surface area (Å²) in [5, 5.41) is 15.9. The SMILES string of the molecule is CNC(C)C(=O)NC(C(=O)N1CC2CC(O)CN2CC1C(N)=O)C1CCCCC1. The predicted octanol–water partition coefficient (Wildman–Crippen LogP) is -1.21. The Morgan fingerprint density at radius 1 is 1.10 bits per heavy atom. The van der Waals surface area contributed by atoms with Crippen LogP contribution in [0, 0.1) is 5.92 Å². The molecule has 0 bridgehead atoms. The van der Waals surface area contributed by atoms with Gasteiger partial charge in [0, 0.05) is 25.7 Å². The molecule has 9 nitrogen and oxygen atoms in total. The first-order valence-electron chi connectivity index (χ1n) is 10.8. The van der Waals surface area contributed by atoms with E-state index < -0.39 is 30.1 Å². The highest BCUT2D eigenvalue weighted by Crippen LogP contribution is 2.30. The second-order valence-electron chi connectivity index (χ2n) is 8.80. The van der Waals surface area contributed by atoms with Gasteiger partial charge in [0.15, 0.2) is 0 Å². The highest BCUT2D eigenvalue weighted by molar-refractivity contribution is 5.93. The number of fused-ring (bicyclic) bond motifs is 1. The summed E-state index contributed by atoms with van der Waals surface area (Å²) in [6, 6.07) is -1.79. The number of carbonyl (C=O) groups excluding carboxylic acids is 3. The zero-order valence-corrected chi connectivity index (χ0v) is 17.5. The number of nitrogens with two attached hydrogens (primary N) is 1. The zero-order chi connectivity index (χ0) is 21.1. The maximum Gasteiger partial charge on any atom is 0.246 e. The Morgan fingerprint density at radius 2 is 1.79 bits per heavy atom. The third-order valence-electron chi connectivity index (χ3n) is 6.82. The molecule has 1 saturated carbocycles. The first-order valence-corrected chi connectivity index (χ1v) is 10.8. The van der Waals surface area contributed by atoms with Crippen LogP contribution in [0.4, 0.5) is 0 Å². The lowest BCUT2D eigenvalue weighted by molar-refractivity contribution is -0.148. The van der Waals surface area contributed by atoms with E-state index in [1.165, 1.54) is 0 Å². The molecule has 2 aliphatic heterocycles. The van der Waals surface area contributed by atoms with E-state index in [0.717, 1.165) is 32.1 Å². The van der Waals surface area contributed by atoms with Gasteiger partial charge in [-0.2, -0.15) is 0 Å². The van der Waals surface area contributed by atoms with E-state index in [-0.39, 0.29) is 23.8 Å². The van der Waals surface area contributed by atoms with E-state index in [4.69, 9.17) is 5.73 Å². The minimum absolute atomic E-state index is 0.0171. The lowest BCUT2D eigenvalue weighted by Gasteiger charge is -2.44. The van der Waals surface area contributed by atoms with Crippen molar-refractivity contribution in [2.24, 2.45) is 11.7 Å². The highest BCUT2D eigenvalue weighted by atomic mass is 16.3. The van der Waals surface area contributed by atoms with Crippen molar-refractivity contribution in [1.82, 2.24) is 20.4 Å². The van der Waals surface area contributed by atoms with Gasteiger partial charge in [0.1, 0.15) is 12.1 Å². The van der Waals surface area contributed by atoms with Gasteiger partial charge >= 0.3 is 0 Å². The number of aliphatic hydroxyl groups is 1. The molecule has 5 unspecified atom stereocenters. The Morgan fingerprint density at radius 3 is 2.41 bits per heavy atom. The van der Waals surface area contributed by atoms with Gasteiger partial charge in [-0.15, -0.1) is 0 Å². The number of piperazine rings is 1. The fourth-order valence-electron chi connectivity index (χ4n) is 4.97. The summed E-state index contributed by atoms with van der Waals surface area (Å²) < 4.78 is 0. The number of hydrogen-bond donors (Lipinski definition) is 4. The van der Waals surface area contributed by atoms with E-state index in [1.807, 2.05) is 4.90 Å². The second-order valence-corrected chi connectivity index (χ2v) is 8.80. The number of aliphatic hydroxyl groups excluding tert-OH is 1. The number of amides is 3.